The molecule has 0 bridgehead atoms. The molecule has 0 amide bonds. The van der Waals surface area contributed by atoms with Gasteiger partial charge in [0.1, 0.15) is 5.82 Å². The van der Waals surface area contributed by atoms with Crippen LogP contribution in [0.3, 0.4) is 0 Å². The van der Waals surface area contributed by atoms with Crippen LogP contribution in [0.15, 0.2) is 33.3 Å². The quantitative estimate of drug-likeness (QED) is 0.875. The second-order valence-electron chi connectivity index (χ2n) is 4.17. The van der Waals surface area contributed by atoms with Crippen LogP contribution in [0.5, 0.6) is 0 Å². The second-order valence-corrected chi connectivity index (χ2v) is 7.11. The van der Waals surface area contributed by atoms with E-state index in [4.69, 9.17) is 0 Å². The molecular weight excluding hydrogens is 303 g/mol. The molecule has 0 unspecified atom stereocenters. The first-order valence-electron chi connectivity index (χ1n) is 5.83. The lowest BCUT2D eigenvalue weighted by Crippen LogP contribution is -2.26. The molecule has 20 heavy (non-hydrogen) atoms. The molecule has 2 rings (SSSR count). The van der Waals surface area contributed by atoms with E-state index >= 15 is 0 Å². The summed E-state index contributed by atoms with van der Waals surface area (Å²) in [6.45, 7) is 1.58. The van der Waals surface area contributed by atoms with Crippen molar-refractivity contribution in [3.05, 3.63) is 51.0 Å². The Hall–Kier alpha value is -1.51. The van der Waals surface area contributed by atoms with Gasteiger partial charge in [-0.15, -0.1) is 0 Å². The molecule has 0 aliphatic carbocycles. The molecule has 8 heteroatoms. The fraction of sp³-hybridized carbons (Fsp3) is 0.250. The van der Waals surface area contributed by atoms with Gasteiger partial charge in [0.05, 0.1) is 0 Å². The molecule has 1 aromatic heterocycles. The van der Waals surface area contributed by atoms with E-state index < -0.39 is 14.9 Å². The van der Waals surface area contributed by atoms with Crippen molar-refractivity contribution < 1.29 is 12.8 Å². The van der Waals surface area contributed by atoms with Crippen LogP contribution in [0.2, 0.25) is 0 Å². The molecule has 2 aromatic rings. The predicted octanol–water partition coefficient (Wildman–Crippen LogP) is 1.40. The number of aromatic nitrogens is 1. The maximum Gasteiger partial charge on any atom is 0.305 e. The first-order valence-corrected chi connectivity index (χ1v) is 8.13. The number of rotatable bonds is 5. The third-order valence-corrected chi connectivity index (χ3v) is 5.74. The van der Waals surface area contributed by atoms with E-state index in [0.29, 0.717) is 22.6 Å². The van der Waals surface area contributed by atoms with Crippen molar-refractivity contribution in [2.45, 2.75) is 17.6 Å². The fourth-order valence-electron chi connectivity index (χ4n) is 1.73. The zero-order valence-corrected chi connectivity index (χ0v) is 12.3. The maximum absolute atomic E-state index is 13.4. The van der Waals surface area contributed by atoms with Gasteiger partial charge in [0.2, 0.25) is 0 Å². The molecule has 2 N–H and O–H groups in total. The Morgan fingerprint density at radius 3 is 2.65 bits per heavy atom. The van der Waals surface area contributed by atoms with Gasteiger partial charge >= 0.3 is 4.87 Å². The highest BCUT2D eigenvalue weighted by Crippen LogP contribution is 2.15. The molecule has 108 valence electrons. The van der Waals surface area contributed by atoms with E-state index in [2.05, 4.69) is 9.71 Å². The largest absolute Gasteiger partial charge is 0.315 e. The van der Waals surface area contributed by atoms with Crippen LogP contribution in [0.1, 0.15) is 11.3 Å². The van der Waals surface area contributed by atoms with Crippen molar-refractivity contribution in [3.8, 4) is 0 Å². The summed E-state index contributed by atoms with van der Waals surface area (Å²) in [5, 5.41) is 0. The Morgan fingerprint density at radius 1 is 1.35 bits per heavy atom. The van der Waals surface area contributed by atoms with E-state index in [-0.39, 0.29) is 23.0 Å². The summed E-state index contributed by atoms with van der Waals surface area (Å²) in [5.74, 6) is -0.367. The summed E-state index contributed by atoms with van der Waals surface area (Å²) in [7, 11) is -3.74. The van der Waals surface area contributed by atoms with E-state index in [1.165, 1.54) is 13.0 Å². The molecule has 1 heterocycles. The number of sulfonamides is 1. The van der Waals surface area contributed by atoms with Crippen molar-refractivity contribution >= 4 is 21.4 Å². The van der Waals surface area contributed by atoms with Crippen LogP contribution < -0.4 is 9.60 Å². The minimum Gasteiger partial charge on any atom is -0.315 e. The number of hydrogen-bond acceptors (Lipinski definition) is 4. The van der Waals surface area contributed by atoms with E-state index in [0.717, 1.165) is 0 Å². The molecule has 0 aliphatic heterocycles. The van der Waals surface area contributed by atoms with Crippen molar-refractivity contribution in [2.75, 3.05) is 6.54 Å². The summed E-state index contributed by atoms with van der Waals surface area (Å²) >= 11 is 0.635. The van der Waals surface area contributed by atoms with Crippen LogP contribution in [-0.4, -0.2) is 19.9 Å². The van der Waals surface area contributed by atoms with E-state index in [1.807, 2.05) is 0 Å². The second kappa shape index (κ2) is 5.86. The Kier molecular flexibility index (Phi) is 4.36. The molecule has 5 nitrogen and oxygen atoms in total. The van der Waals surface area contributed by atoms with Crippen molar-refractivity contribution in [1.29, 1.82) is 0 Å². The van der Waals surface area contributed by atoms with Gasteiger partial charge in [0.15, 0.2) is 4.21 Å². The zero-order valence-electron chi connectivity index (χ0n) is 10.6. The van der Waals surface area contributed by atoms with Crippen LogP contribution in [-0.2, 0) is 16.4 Å². The van der Waals surface area contributed by atoms with E-state index in [9.17, 15) is 17.6 Å². The van der Waals surface area contributed by atoms with Crippen molar-refractivity contribution in [1.82, 2.24) is 9.71 Å². The average molecular weight is 316 g/mol. The fourth-order valence-corrected chi connectivity index (χ4v) is 4.11. The predicted molar refractivity (Wildman–Crippen MR) is 75.0 cm³/mol. The number of hydrogen-bond donors (Lipinski definition) is 2. The van der Waals surface area contributed by atoms with E-state index in [1.54, 1.807) is 18.2 Å². The molecule has 0 atom stereocenters. The third-order valence-electron chi connectivity index (χ3n) is 2.67. The van der Waals surface area contributed by atoms with Gasteiger partial charge in [-0.25, -0.2) is 17.5 Å². The average Bonchev–Trinajstić information content (AvgIpc) is 2.72. The van der Waals surface area contributed by atoms with Gasteiger partial charge in [-0.05, 0) is 25.0 Å². The number of aromatic amines is 1. The van der Waals surface area contributed by atoms with Crippen LogP contribution in [0.4, 0.5) is 4.39 Å². The number of benzene rings is 1. The molecule has 0 spiro atoms. The first kappa shape index (κ1) is 14.9. The van der Waals surface area contributed by atoms with Gasteiger partial charge in [-0.1, -0.05) is 29.5 Å². The summed E-state index contributed by atoms with van der Waals surface area (Å²) in [6, 6.07) is 6.19. The van der Waals surface area contributed by atoms with Gasteiger partial charge in [0.25, 0.3) is 10.0 Å². The van der Waals surface area contributed by atoms with Crippen LogP contribution in [0, 0.1) is 12.7 Å². The van der Waals surface area contributed by atoms with Gasteiger partial charge < -0.3 is 4.98 Å². The van der Waals surface area contributed by atoms with Crippen LogP contribution >= 0.6 is 11.3 Å². The SMILES string of the molecule is Cc1[nH]c(=O)sc1S(=O)(=O)NCCc1ccccc1F. The number of H-pyrrole nitrogens is 1. The topological polar surface area (TPSA) is 79.0 Å². The molecule has 0 saturated carbocycles. The smallest absolute Gasteiger partial charge is 0.305 e. The minimum atomic E-state index is -3.74. The summed E-state index contributed by atoms with van der Waals surface area (Å²) < 4.78 is 39.7. The zero-order chi connectivity index (χ0) is 14.8. The number of aryl methyl sites for hydroxylation is 1. The van der Waals surface area contributed by atoms with Gasteiger partial charge in [0, 0.05) is 12.2 Å². The molecule has 0 radical (unpaired) electrons. The lowest BCUT2D eigenvalue weighted by Gasteiger charge is -2.06. The highest BCUT2D eigenvalue weighted by Gasteiger charge is 2.19. The maximum atomic E-state index is 13.4. The van der Waals surface area contributed by atoms with Gasteiger partial charge in [-0.3, -0.25) is 4.79 Å². The normalized spacial score (nSPS) is 11.7. The lowest BCUT2D eigenvalue weighted by molar-refractivity contribution is 0.578. The van der Waals surface area contributed by atoms with Crippen molar-refractivity contribution in [3.63, 3.8) is 0 Å². The Morgan fingerprint density at radius 2 is 2.05 bits per heavy atom. The standard InChI is InChI=1S/C12H13FN2O3S2/c1-8-11(19-12(16)15-8)20(17,18)14-7-6-9-4-2-3-5-10(9)13/h2-5,14H,6-7H2,1H3,(H,15,16). The third kappa shape index (κ3) is 3.33. The Bertz CT molecular complexity index is 765. The number of halogens is 1. The molecular formula is C12H13FN2O3S2. The van der Waals surface area contributed by atoms with Crippen LogP contribution in [0.25, 0.3) is 0 Å². The molecule has 0 aliphatic rings. The summed E-state index contributed by atoms with van der Waals surface area (Å²) in [6.07, 6.45) is 0.240. The monoisotopic (exact) mass is 316 g/mol. The molecule has 0 saturated heterocycles. The first-order chi connectivity index (χ1) is 9.40. The molecule has 0 fully saturated rings. The Labute approximate surface area is 119 Å². The number of thiazole rings is 1. The molecule has 1 aromatic carbocycles. The Balaban J connectivity index is 2.06. The van der Waals surface area contributed by atoms with Gasteiger partial charge in [-0.2, -0.15) is 0 Å². The summed E-state index contributed by atoms with van der Waals surface area (Å²) in [4.78, 5) is 13.1. The highest BCUT2D eigenvalue weighted by molar-refractivity contribution is 7.91. The summed E-state index contributed by atoms with van der Waals surface area (Å²) in [5.41, 5.74) is 0.743. The highest BCUT2D eigenvalue weighted by atomic mass is 32.2. The minimum absolute atomic E-state index is 0.0315. The number of nitrogens with one attached hydrogen (secondary N) is 2. The lowest BCUT2D eigenvalue weighted by atomic mass is 10.1. The van der Waals surface area contributed by atoms with Crippen molar-refractivity contribution in [2.24, 2.45) is 0 Å².